The molecule has 0 radical (unpaired) electrons. The third kappa shape index (κ3) is 15.5. The second-order valence-electron chi connectivity index (χ2n) is 9.49. The number of hydrogen-bond donors (Lipinski definition) is 0. The zero-order chi connectivity index (χ0) is 32.7. The molecule has 0 fully saturated rings. The van der Waals surface area contributed by atoms with Gasteiger partial charge in [0.25, 0.3) is 0 Å². The number of aryl methyl sites for hydroxylation is 5. The van der Waals surface area contributed by atoms with Crippen molar-refractivity contribution in [2.24, 2.45) is 0 Å². The predicted molar refractivity (Wildman–Crippen MR) is 239 cm³/mol. The van der Waals surface area contributed by atoms with Crippen molar-refractivity contribution in [1.82, 2.24) is 0 Å². The van der Waals surface area contributed by atoms with Gasteiger partial charge < -0.3 is 26.8 Å². The Morgan fingerprint density at radius 2 is 1.06 bits per heavy atom. The van der Waals surface area contributed by atoms with Crippen LogP contribution in [0.3, 0.4) is 0 Å². The Labute approximate surface area is 401 Å². The van der Waals surface area contributed by atoms with Crippen LogP contribution in [0.4, 0.5) is 0 Å². The van der Waals surface area contributed by atoms with E-state index in [2.05, 4.69) is 120 Å². The molecule has 0 N–H and O–H groups in total. The van der Waals surface area contributed by atoms with Crippen molar-refractivity contribution in [2.75, 3.05) is 0 Å². The molecule has 248 valence electrons. The Bertz CT molecular complexity index is 1900. The summed E-state index contributed by atoms with van der Waals surface area (Å²) in [6.07, 6.45) is 0. The number of halogens is 6. The van der Waals surface area contributed by atoms with Gasteiger partial charge in [-0.05, 0) is 138 Å². The average Bonchev–Trinajstić information content (AvgIpc) is 3.81. The molecule has 7 aromatic heterocycles. The zero-order valence-corrected chi connectivity index (χ0v) is 43.1. The molecule has 0 saturated carbocycles. The maximum absolute atomic E-state index is 6.07. The molecule has 0 saturated heterocycles. The van der Waals surface area contributed by atoms with Gasteiger partial charge in [-0.1, -0.05) is 34.5 Å². The molecule has 15 heteroatoms. The van der Waals surface area contributed by atoms with Crippen LogP contribution in [0.25, 0.3) is 29.3 Å². The van der Waals surface area contributed by atoms with E-state index in [-0.39, 0.29) is 72.9 Å². The summed E-state index contributed by atoms with van der Waals surface area (Å²) in [7, 11) is 0. The van der Waals surface area contributed by atoms with Crippen molar-refractivity contribution >= 4 is 199 Å². The van der Waals surface area contributed by atoms with E-state index in [1.807, 2.05) is 59.1 Å². The largest absolute Gasteiger partial charge is 2.00 e. The smallest absolute Gasteiger partial charge is 1.00 e. The topological polar surface area (TPSA) is 0 Å². The minimum absolute atomic E-state index is 0. The molecule has 7 aromatic rings. The summed E-state index contributed by atoms with van der Waals surface area (Å²) in [6.45, 7) is 10.4. The normalized spacial score (nSPS) is 9.79. The van der Waals surface area contributed by atoms with Crippen LogP contribution in [-0.2, 0) is 0 Å². The first kappa shape index (κ1) is 48.3. The van der Waals surface area contributed by atoms with E-state index in [4.69, 9.17) is 34.8 Å². The molecule has 7 rings (SSSR count). The Balaban J connectivity index is 0. The maximum atomic E-state index is 6.07. The first-order valence-corrected chi connectivity index (χ1v) is 21.9. The molecule has 0 unspecified atom stereocenters. The summed E-state index contributed by atoms with van der Waals surface area (Å²) in [5.41, 5.74) is 3.66. The summed E-state index contributed by atoms with van der Waals surface area (Å²) in [4.78, 5) is 10.7. The van der Waals surface area contributed by atoms with Gasteiger partial charge in [-0.2, -0.15) is 23.2 Å². The minimum atomic E-state index is 0. The SMILES string of the molecule is Cc1[c-]sc(Cl)c1.Cc1cc(Cl)sc1I.Cc1ccc(-c2ccc(-c3sc(Cl)cc3C)s2)s1.Cc1ccc(-c2ccc(Br)s2)s1.[H-].[H-].[I-].[Mg+2].[Mg+2]. The third-order valence-electron chi connectivity index (χ3n) is 5.72. The van der Waals surface area contributed by atoms with Gasteiger partial charge in [0.1, 0.15) is 0 Å². The van der Waals surface area contributed by atoms with E-state index < -0.39 is 0 Å². The molecule has 0 atom stereocenters. The molecular weight excluding hydrogens is 1110 g/mol. The van der Waals surface area contributed by atoms with Crippen LogP contribution >= 0.6 is 153 Å². The summed E-state index contributed by atoms with van der Waals surface area (Å²) in [6, 6.07) is 23.3. The standard InChI is InChI=1S/C14H11ClS3.C9H7BrS2.C5H4ClIS.C5H4ClS.HI.2Mg.2H/c1-8-7-13(15)18-14(8)12-6-5-11(17-12)10-4-3-9(2)16-10;1-6-2-3-7(11-6)8-4-5-9(10)12-8;1-3-2-4(6)8-5(3)7;1-4-2-5(6)7-3-4;;;;;/h3-7H,1-2H3;2-5H,1H3;2H,1H3;2H,1H3;1H;;;;/q;;;-1;;2*+2;2*-1/p-1. The van der Waals surface area contributed by atoms with E-state index >= 15 is 0 Å². The fourth-order valence-corrected chi connectivity index (χ4v) is 12.5. The molecule has 0 amide bonds. The summed E-state index contributed by atoms with van der Waals surface area (Å²) < 4.78 is 5.05. The van der Waals surface area contributed by atoms with Crippen molar-refractivity contribution in [1.29, 1.82) is 0 Å². The molecular formula is C33H28BrCl3I2Mg2S7. The van der Waals surface area contributed by atoms with Gasteiger partial charge in [0.05, 0.1) is 15.3 Å². The van der Waals surface area contributed by atoms with Crippen molar-refractivity contribution in [3.8, 4) is 29.3 Å². The Hall–Kier alpha value is 2.24. The summed E-state index contributed by atoms with van der Waals surface area (Å²) >= 11 is 35.1. The van der Waals surface area contributed by atoms with Crippen LogP contribution in [0.1, 0.15) is 29.3 Å². The fraction of sp³-hybridized carbons (Fsp3) is 0.152. The first-order chi connectivity index (χ1) is 21.4. The van der Waals surface area contributed by atoms with Crippen molar-refractivity contribution in [3.63, 3.8) is 0 Å². The van der Waals surface area contributed by atoms with Crippen LogP contribution in [0.15, 0.2) is 70.5 Å². The first-order valence-electron chi connectivity index (χ1n) is 13.2. The monoisotopic (exact) mass is 1130 g/mol. The maximum Gasteiger partial charge on any atom is 2.00 e. The molecule has 0 aliphatic carbocycles. The molecule has 0 spiro atoms. The van der Waals surface area contributed by atoms with E-state index in [0.717, 1.165) is 18.6 Å². The Morgan fingerprint density at radius 3 is 1.40 bits per heavy atom. The molecule has 48 heavy (non-hydrogen) atoms. The Morgan fingerprint density at radius 1 is 0.583 bits per heavy atom. The van der Waals surface area contributed by atoms with Crippen LogP contribution < -0.4 is 24.0 Å². The van der Waals surface area contributed by atoms with Crippen molar-refractivity contribution in [3.05, 3.63) is 118 Å². The zero-order valence-electron chi connectivity index (χ0n) is 28.4. The quantitative estimate of drug-likeness (QED) is 0.0940. The second kappa shape index (κ2) is 23.9. The van der Waals surface area contributed by atoms with Crippen molar-refractivity contribution in [2.45, 2.75) is 34.6 Å². The van der Waals surface area contributed by atoms with E-state index in [1.54, 1.807) is 34.0 Å². The summed E-state index contributed by atoms with van der Waals surface area (Å²) in [5, 5.41) is 2.98. The van der Waals surface area contributed by atoms with E-state index in [1.165, 1.54) is 68.2 Å². The van der Waals surface area contributed by atoms with Gasteiger partial charge in [-0.15, -0.1) is 73.4 Å². The number of thiophene rings is 7. The molecule has 0 bridgehead atoms. The van der Waals surface area contributed by atoms with E-state index in [9.17, 15) is 0 Å². The van der Waals surface area contributed by atoms with Crippen molar-refractivity contribution < 1.29 is 26.8 Å². The Kier molecular flexibility index (Phi) is 24.0. The fourth-order valence-electron chi connectivity index (χ4n) is 3.64. The van der Waals surface area contributed by atoms with Gasteiger partial charge in [0, 0.05) is 39.0 Å². The molecule has 0 aliphatic rings. The number of hydrogen-bond acceptors (Lipinski definition) is 7. The van der Waals surface area contributed by atoms with Gasteiger partial charge in [-0.25, -0.2) is 0 Å². The predicted octanol–water partition coefficient (Wildman–Crippen LogP) is 13.3. The molecule has 0 aromatic carbocycles. The van der Waals surface area contributed by atoms with Gasteiger partial charge >= 0.3 is 46.1 Å². The van der Waals surface area contributed by atoms with Crippen LogP contribution in [-0.4, -0.2) is 46.1 Å². The number of rotatable bonds is 3. The average molecular weight is 1140 g/mol. The van der Waals surface area contributed by atoms with E-state index in [0.29, 0.717) is 0 Å². The molecule has 0 aliphatic heterocycles. The van der Waals surface area contributed by atoms with Crippen LogP contribution in [0.2, 0.25) is 13.0 Å². The van der Waals surface area contributed by atoms with Gasteiger partial charge in [-0.3, -0.25) is 11.3 Å². The third-order valence-corrected chi connectivity index (χ3v) is 16.1. The van der Waals surface area contributed by atoms with Gasteiger partial charge in [0.2, 0.25) is 0 Å². The van der Waals surface area contributed by atoms with Gasteiger partial charge in [0.15, 0.2) is 0 Å². The molecule has 0 nitrogen and oxygen atoms in total. The molecule has 7 heterocycles. The van der Waals surface area contributed by atoms with Crippen LogP contribution in [0, 0.1) is 42.9 Å². The van der Waals surface area contributed by atoms with Crippen LogP contribution in [0.5, 0.6) is 0 Å². The minimum Gasteiger partial charge on any atom is -1.00 e. The summed E-state index contributed by atoms with van der Waals surface area (Å²) in [5.74, 6) is 0. The second-order valence-corrected chi connectivity index (χ2v) is 22.3.